The first-order chi connectivity index (χ1) is 8.81. The third-order valence-corrected chi connectivity index (χ3v) is 3.84. The number of rotatable bonds is 6. The molecule has 0 radical (unpaired) electrons. The normalized spacial score (nSPS) is 21.3. The van der Waals surface area contributed by atoms with Crippen molar-refractivity contribution in [3.05, 3.63) is 24.0 Å². The van der Waals surface area contributed by atoms with Gasteiger partial charge in [0.05, 0.1) is 0 Å². The van der Waals surface area contributed by atoms with Gasteiger partial charge in [-0.25, -0.2) is 0 Å². The van der Waals surface area contributed by atoms with Crippen LogP contribution in [0.25, 0.3) is 0 Å². The molecule has 3 heteroatoms. The molecule has 1 saturated heterocycles. The van der Waals surface area contributed by atoms with E-state index in [1.807, 2.05) is 0 Å². The van der Waals surface area contributed by atoms with E-state index >= 15 is 0 Å². The van der Waals surface area contributed by atoms with Crippen molar-refractivity contribution in [2.45, 2.75) is 52.2 Å². The molecule has 0 aromatic carbocycles. The van der Waals surface area contributed by atoms with Crippen LogP contribution in [0.5, 0.6) is 0 Å². The number of hydrogen-bond acceptors (Lipinski definition) is 2. The summed E-state index contributed by atoms with van der Waals surface area (Å²) in [6.45, 7) is 10.3. The monoisotopic (exact) mass is 249 g/mol. The molecule has 0 amide bonds. The maximum Gasteiger partial charge on any atom is 0.0223 e. The lowest BCUT2D eigenvalue weighted by Crippen LogP contribution is -2.45. The molecule has 1 aromatic heterocycles. The van der Waals surface area contributed by atoms with E-state index in [4.69, 9.17) is 0 Å². The Kier molecular flexibility index (Phi) is 5.26. The van der Waals surface area contributed by atoms with Gasteiger partial charge in [-0.1, -0.05) is 13.8 Å². The van der Waals surface area contributed by atoms with Gasteiger partial charge in [-0.05, 0) is 44.0 Å². The van der Waals surface area contributed by atoms with E-state index < -0.39 is 0 Å². The zero-order valence-electron chi connectivity index (χ0n) is 11.9. The van der Waals surface area contributed by atoms with Crippen LogP contribution in [-0.4, -0.2) is 35.1 Å². The van der Waals surface area contributed by atoms with E-state index in [1.54, 1.807) is 0 Å². The lowest BCUT2D eigenvalue weighted by molar-refractivity contribution is 0.198. The number of likely N-dealkylation sites (N-methyl/N-ethyl adjacent to an activating group) is 1. The van der Waals surface area contributed by atoms with Gasteiger partial charge in [0, 0.05) is 38.1 Å². The second kappa shape index (κ2) is 6.95. The molecule has 1 atom stereocenters. The van der Waals surface area contributed by atoms with Gasteiger partial charge >= 0.3 is 0 Å². The van der Waals surface area contributed by atoms with Gasteiger partial charge in [0.2, 0.25) is 0 Å². The Morgan fingerprint density at radius 1 is 1.39 bits per heavy atom. The first-order valence-electron chi connectivity index (χ1n) is 7.42. The molecule has 1 fully saturated rings. The Hall–Kier alpha value is -0.800. The summed E-state index contributed by atoms with van der Waals surface area (Å²) in [7, 11) is 0. The summed E-state index contributed by atoms with van der Waals surface area (Å²) < 4.78 is 2.29. The van der Waals surface area contributed by atoms with Crippen molar-refractivity contribution in [2.24, 2.45) is 0 Å². The molecule has 2 heterocycles. The van der Waals surface area contributed by atoms with Crippen molar-refractivity contribution in [1.29, 1.82) is 0 Å². The van der Waals surface area contributed by atoms with Crippen molar-refractivity contribution in [3.8, 4) is 0 Å². The molecule has 18 heavy (non-hydrogen) atoms. The molecule has 0 aliphatic carbocycles. The molecule has 1 unspecified atom stereocenters. The molecule has 1 N–H and O–H groups in total. The van der Waals surface area contributed by atoms with E-state index in [2.05, 4.69) is 47.1 Å². The lowest BCUT2D eigenvalue weighted by Gasteiger charge is -2.32. The highest BCUT2D eigenvalue weighted by atomic mass is 15.2. The Labute approximate surface area is 111 Å². The summed E-state index contributed by atoms with van der Waals surface area (Å²) in [5.74, 6) is 0. The third kappa shape index (κ3) is 3.85. The number of aryl methyl sites for hydroxylation is 1. The van der Waals surface area contributed by atoms with Gasteiger partial charge < -0.3 is 14.8 Å². The fourth-order valence-corrected chi connectivity index (χ4v) is 2.76. The van der Waals surface area contributed by atoms with Crippen molar-refractivity contribution < 1.29 is 0 Å². The third-order valence-electron chi connectivity index (χ3n) is 3.84. The minimum Gasteiger partial charge on any atom is -0.354 e. The lowest BCUT2D eigenvalue weighted by atomic mass is 10.1. The summed E-state index contributed by atoms with van der Waals surface area (Å²) in [4.78, 5) is 2.55. The quantitative estimate of drug-likeness (QED) is 0.836. The average Bonchev–Trinajstić information content (AvgIpc) is 2.85. The van der Waals surface area contributed by atoms with Gasteiger partial charge in [-0.15, -0.1) is 0 Å². The van der Waals surface area contributed by atoms with E-state index in [9.17, 15) is 0 Å². The van der Waals surface area contributed by atoms with E-state index in [0.29, 0.717) is 6.04 Å². The number of hydrogen-bond donors (Lipinski definition) is 1. The van der Waals surface area contributed by atoms with Crippen LogP contribution in [0.15, 0.2) is 18.5 Å². The molecule has 1 aromatic rings. The highest BCUT2D eigenvalue weighted by Crippen LogP contribution is 2.10. The number of nitrogens with zero attached hydrogens (tertiary/aromatic N) is 2. The Balaban J connectivity index is 1.76. The minimum absolute atomic E-state index is 0.674. The highest BCUT2D eigenvalue weighted by Gasteiger charge is 2.17. The maximum atomic E-state index is 3.70. The fraction of sp³-hybridized carbons (Fsp3) is 0.733. The largest absolute Gasteiger partial charge is 0.354 e. The second-order valence-electron chi connectivity index (χ2n) is 5.37. The minimum atomic E-state index is 0.674. The molecule has 2 rings (SSSR count). The molecule has 3 nitrogen and oxygen atoms in total. The van der Waals surface area contributed by atoms with Crippen molar-refractivity contribution in [1.82, 2.24) is 14.8 Å². The Morgan fingerprint density at radius 2 is 2.28 bits per heavy atom. The van der Waals surface area contributed by atoms with Gasteiger partial charge in [-0.2, -0.15) is 0 Å². The van der Waals surface area contributed by atoms with Crippen LogP contribution in [0.1, 0.15) is 38.7 Å². The summed E-state index contributed by atoms with van der Waals surface area (Å²) >= 11 is 0. The van der Waals surface area contributed by atoms with Crippen LogP contribution < -0.4 is 5.32 Å². The van der Waals surface area contributed by atoms with Gasteiger partial charge in [0.15, 0.2) is 0 Å². The SMILES string of the molecule is CCCn1ccc(CNC2CCCN(CC)C2)c1. The smallest absolute Gasteiger partial charge is 0.0223 e. The topological polar surface area (TPSA) is 20.2 Å². The molecule has 1 aliphatic rings. The zero-order valence-corrected chi connectivity index (χ0v) is 11.9. The Morgan fingerprint density at radius 3 is 3.06 bits per heavy atom. The number of likely N-dealkylation sites (tertiary alicyclic amines) is 1. The highest BCUT2D eigenvalue weighted by molar-refractivity contribution is 5.10. The first-order valence-corrected chi connectivity index (χ1v) is 7.42. The van der Waals surface area contributed by atoms with E-state index in [1.165, 1.54) is 44.5 Å². The van der Waals surface area contributed by atoms with Crippen molar-refractivity contribution >= 4 is 0 Å². The van der Waals surface area contributed by atoms with Crippen LogP contribution in [0.2, 0.25) is 0 Å². The molecule has 1 aliphatic heterocycles. The molecule has 0 bridgehead atoms. The van der Waals surface area contributed by atoms with Crippen LogP contribution in [-0.2, 0) is 13.1 Å². The molecule has 0 saturated carbocycles. The number of nitrogens with one attached hydrogen (secondary N) is 1. The average molecular weight is 249 g/mol. The number of piperidine rings is 1. The fourth-order valence-electron chi connectivity index (χ4n) is 2.76. The molecule has 102 valence electrons. The standard InChI is InChI=1S/C15H27N3/c1-3-8-18-10-7-14(12-18)11-16-15-6-5-9-17(4-2)13-15/h7,10,12,15-16H,3-6,8-9,11,13H2,1-2H3. The summed E-state index contributed by atoms with van der Waals surface area (Å²) in [6.07, 6.45) is 8.33. The van der Waals surface area contributed by atoms with Gasteiger partial charge in [-0.3, -0.25) is 0 Å². The van der Waals surface area contributed by atoms with Gasteiger partial charge in [0.1, 0.15) is 0 Å². The predicted molar refractivity (Wildman–Crippen MR) is 76.7 cm³/mol. The van der Waals surface area contributed by atoms with E-state index in [0.717, 1.165) is 13.1 Å². The zero-order chi connectivity index (χ0) is 12.8. The van der Waals surface area contributed by atoms with Crippen LogP contribution in [0.3, 0.4) is 0 Å². The summed E-state index contributed by atoms with van der Waals surface area (Å²) in [6, 6.07) is 2.91. The first kappa shape index (κ1) is 13.6. The van der Waals surface area contributed by atoms with Crippen LogP contribution in [0, 0.1) is 0 Å². The summed E-state index contributed by atoms with van der Waals surface area (Å²) in [5.41, 5.74) is 1.41. The number of aromatic nitrogens is 1. The van der Waals surface area contributed by atoms with Crippen LogP contribution in [0.4, 0.5) is 0 Å². The molecule has 0 spiro atoms. The predicted octanol–water partition coefficient (Wildman–Crippen LogP) is 2.47. The van der Waals surface area contributed by atoms with Crippen molar-refractivity contribution in [2.75, 3.05) is 19.6 Å². The summed E-state index contributed by atoms with van der Waals surface area (Å²) in [5, 5.41) is 3.70. The van der Waals surface area contributed by atoms with Crippen molar-refractivity contribution in [3.63, 3.8) is 0 Å². The maximum absolute atomic E-state index is 3.70. The van der Waals surface area contributed by atoms with E-state index in [-0.39, 0.29) is 0 Å². The molecular weight excluding hydrogens is 222 g/mol. The second-order valence-corrected chi connectivity index (χ2v) is 5.37. The Bertz CT molecular complexity index is 345. The van der Waals surface area contributed by atoms with Gasteiger partial charge in [0.25, 0.3) is 0 Å². The van der Waals surface area contributed by atoms with Crippen LogP contribution >= 0.6 is 0 Å². The molecular formula is C15H27N3.